The van der Waals surface area contributed by atoms with Crippen LogP contribution in [0.15, 0.2) is 72.8 Å². The van der Waals surface area contributed by atoms with Crippen LogP contribution in [0.1, 0.15) is 11.1 Å². The predicted molar refractivity (Wildman–Crippen MR) is 102 cm³/mol. The van der Waals surface area contributed by atoms with E-state index in [1.54, 1.807) is 42.5 Å². The lowest BCUT2D eigenvalue weighted by molar-refractivity contribution is -0.143. The van der Waals surface area contributed by atoms with E-state index < -0.39 is 35.2 Å². The second-order valence-electron chi connectivity index (χ2n) is 6.32. The van der Waals surface area contributed by atoms with Crippen LogP contribution in [0.3, 0.4) is 0 Å². The molecule has 0 unspecified atom stereocenters. The monoisotopic (exact) mass is 440 g/mol. The number of benzene rings is 3. The van der Waals surface area contributed by atoms with Crippen molar-refractivity contribution in [1.29, 1.82) is 0 Å². The third kappa shape index (κ3) is 6.14. The molecule has 0 aliphatic carbocycles. The molecule has 0 fully saturated rings. The van der Waals surface area contributed by atoms with E-state index in [1.165, 1.54) is 12.1 Å². The van der Waals surface area contributed by atoms with Gasteiger partial charge < -0.3 is 15.4 Å². The number of anilines is 2. The molecule has 0 aliphatic rings. The summed E-state index contributed by atoms with van der Waals surface area (Å²) < 4.78 is 83.2. The molecule has 0 spiro atoms. The van der Waals surface area contributed by atoms with Crippen LogP contribution in [0, 0.1) is 0 Å². The Bertz CT molecular complexity index is 1030. The Kier molecular flexibility index (Phi) is 6.09. The first-order chi connectivity index (χ1) is 14.5. The second-order valence-corrected chi connectivity index (χ2v) is 6.32. The summed E-state index contributed by atoms with van der Waals surface area (Å²) in [4.78, 5) is 12.1. The Labute approximate surface area is 172 Å². The molecule has 0 saturated heterocycles. The van der Waals surface area contributed by atoms with Crippen molar-refractivity contribution in [2.24, 2.45) is 0 Å². The summed E-state index contributed by atoms with van der Waals surface area (Å²) in [7, 11) is 0. The summed E-state index contributed by atoms with van der Waals surface area (Å²) in [6.07, 6.45) is -10.0. The van der Waals surface area contributed by atoms with E-state index >= 15 is 0 Å². The van der Waals surface area contributed by atoms with Gasteiger partial charge in [0.05, 0.1) is 11.1 Å². The molecule has 4 nitrogen and oxygen atoms in total. The van der Waals surface area contributed by atoms with Gasteiger partial charge in [-0.05, 0) is 42.5 Å². The Morgan fingerprint density at radius 1 is 0.645 bits per heavy atom. The molecule has 0 saturated carbocycles. The first kappa shape index (κ1) is 22.0. The zero-order valence-corrected chi connectivity index (χ0v) is 15.5. The number of ether oxygens (including phenoxy) is 1. The van der Waals surface area contributed by atoms with Gasteiger partial charge in [0.15, 0.2) is 0 Å². The Morgan fingerprint density at radius 3 is 1.77 bits per heavy atom. The highest BCUT2D eigenvalue weighted by Crippen LogP contribution is 2.37. The number of amides is 2. The number of hydrogen-bond acceptors (Lipinski definition) is 2. The number of para-hydroxylation sites is 1. The van der Waals surface area contributed by atoms with Gasteiger partial charge in [-0.2, -0.15) is 26.3 Å². The normalized spacial score (nSPS) is 11.7. The molecule has 3 rings (SSSR count). The Morgan fingerprint density at radius 2 is 1.19 bits per heavy atom. The van der Waals surface area contributed by atoms with Crippen LogP contribution < -0.4 is 15.4 Å². The van der Waals surface area contributed by atoms with Crippen molar-refractivity contribution in [3.63, 3.8) is 0 Å². The number of carbonyl (C=O) groups is 1. The van der Waals surface area contributed by atoms with E-state index in [1.807, 2.05) is 5.32 Å². The molecule has 0 heterocycles. The first-order valence-corrected chi connectivity index (χ1v) is 8.71. The summed E-state index contributed by atoms with van der Waals surface area (Å²) in [6, 6.07) is 14.6. The van der Waals surface area contributed by atoms with E-state index in [2.05, 4.69) is 5.32 Å². The smallest absolute Gasteiger partial charge is 0.416 e. The van der Waals surface area contributed by atoms with Crippen molar-refractivity contribution < 1.29 is 35.9 Å². The van der Waals surface area contributed by atoms with E-state index in [0.717, 1.165) is 0 Å². The summed E-state index contributed by atoms with van der Waals surface area (Å²) in [5, 5.41) is 4.33. The quantitative estimate of drug-likeness (QED) is 0.423. The number of nitrogens with one attached hydrogen (secondary N) is 2. The molecule has 3 aromatic carbocycles. The summed E-state index contributed by atoms with van der Waals surface area (Å²) >= 11 is 0. The maximum atomic E-state index is 12.9. The van der Waals surface area contributed by atoms with Gasteiger partial charge in [0.1, 0.15) is 11.5 Å². The van der Waals surface area contributed by atoms with Gasteiger partial charge in [0.2, 0.25) is 0 Å². The molecule has 2 N–H and O–H groups in total. The van der Waals surface area contributed by atoms with Gasteiger partial charge in [-0.1, -0.05) is 24.3 Å². The van der Waals surface area contributed by atoms with Crippen LogP contribution in [0.4, 0.5) is 42.5 Å². The third-order valence-electron chi connectivity index (χ3n) is 3.92. The number of carbonyl (C=O) groups excluding carboxylic acids is 1. The lowest BCUT2D eigenvalue weighted by Gasteiger charge is -2.15. The number of hydrogen-bond donors (Lipinski definition) is 2. The second kappa shape index (κ2) is 8.58. The maximum Gasteiger partial charge on any atom is 0.416 e. The minimum atomic E-state index is -5.02. The lowest BCUT2D eigenvalue weighted by Crippen LogP contribution is -2.20. The Hall–Kier alpha value is -3.69. The average Bonchev–Trinajstić information content (AvgIpc) is 2.67. The Balaban J connectivity index is 1.76. The topological polar surface area (TPSA) is 50.4 Å². The van der Waals surface area contributed by atoms with Gasteiger partial charge in [0, 0.05) is 17.4 Å². The van der Waals surface area contributed by atoms with Gasteiger partial charge in [0.25, 0.3) is 0 Å². The van der Waals surface area contributed by atoms with Crippen molar-refractivity contribution in [2.45, 2.75) is 12.4 Å². The van der Waals surface area contributed by atoms with E-state index in [0.29, 0.717) is 23.6 Å². The molecule has 3 aromatic rings. The molecule has 31 heavy (non-hydrogen) atoms. The van der Waals surface area contributed by atoms with Gasteiger partial charge in [-0.15, -0.1) is 0 Å². The molecule has 0 radical (unpaired) electrons. The summed E-state index contributed by atoms with van der Waals surface area (Å²) in [6.45, 7) is 0. The van der Waals surface area contributed by atoms with Crippen LogP contribution in [-0.2, 0) is 12.4 Å². The molecule has 2 amide bonds. The van der Waals surface area contributed by atoms with Gasteiger partial charge >= 0.3 is 18.4 Å². The van der Waals surface area contributed by atoms with Gasteiger partial charge in [-0.3, -0.25) is 0 Å². The molecule has 0 atom stereocenters. The van der Waals surface area contributed by atoms with E-state index in [4.69, 9.17) is 4.74 Å². The van der Waals surface area contributed by atoms with Crippen LogP contribution in [0.5, 0.6) is 11.5 Å². The molecule has 0 bridgehead atoms. The molecular weight excluding hydrogens is 426 g/mol. The molecule has 10 heteroatoms. The molecular formula is C21H14F6N2O2. The predicted octanol–water partition coefficient (Wildman–Crippen LogP) is 7.16. The van der Waals surface area contributed by atoms with Crippen LogP contribution in [-0.4, -0.2) is 6.03 Å². The van der Waals surface area contributed by atoms with Crippen molar-refractivity contribution in [3.8, 4) is 11.5 Å². The highest BCUT2D eigenvalue weighted by molar-refractivity contribution is 6.00. The number of urea groups is 1. The van der Waals surface area contributed by atoms with E-state index in [9.17, 15) is 31.1 Å². The fraction of sp³-hybridized carbons (Fsp3) is 0.0952. The fourth-order valence-corrected chi connectivity index (χ4v) is 2.58. The highest BCUT2D eigenvalue weighted by Gasteiger charge is 2.37. The minimum Gasteiger partial charge on any atom is -0.457 e. The first-order valence-electron chi connectivity index (χ1n) is 8.71. The zero-order chi connectivity index (χ0) is 22.6. The third-order valence-corrected chi connectivity index (χ3v) is 3.92. The molecule has 0 aromatic heterocycles. The SMILES string of the molecule is O=C(Nc1cccc(Oc2ccccc2)c1)Nc1cc(C(F)(F)F)cc(C(F)(F)F)c1. The van der Waals surface area contributed by atoms with E-state index in [-0.39, 0.29) is 11.8 Å². The summed E-state index contributed by atoms with van der Waals surface area (Å²) in [5.41, 5.74) is -3.50. The van der Waals surface area contributed by atoms with Crippen LogP contribution >= 0.6 is 0 Å². The van der Waals surface area contributed by atoms with Crippen molar-refractivity contribution in [1.82, 2.24) is 0 Å². The van der Waals surface area contributed by atoms with Crippen LogP contribution in [0.2, 0.25) is 0 Å². The molecule has 162 valence electrons. The highest BCUT2D eigenvalue weighted by atomic mass is 19.4. The molecule has 0 aliphatic heterocycles. The number of halogens is 6. The largest absolute Gasteiger partial charge is 0.457 e. The lowest BCUT2D eigenvalue weighted by atomic mass is 10.1. The van der Waals surface area contributed by atoms with Crippen molar-refractivity contribution >= 4 is 17.4 Å². The van der Waals surface area contributed by atoms with Crippen LogP contribution in [0.25, 0.3) is 0 Å². The summed E-state index contributed by atoms with van der Waals surface area (Å²) in [5.74, 6) is 0.898. The zero-order valence-electron chi connectivity index (χ0n) is 15.5. The van der Waals surface area contributed by atoms with Gasteiger partial charge in [-0.25, -0.2) is 4.79 Å². The standard InChI is InChI=1S/C21H14F6N2O2/c22-20(23,24)13-9-14(21(25,26)27)11-16(10-13)29-19(30)28-15-5-4-8-18(12-15)31-17-6-2-1-3-7-17/h1-12H,(H2,28,29,30). The van der Waals surface area contributed by atoms with Crippen molar-refractivity contribution in [2.75, 3.05) is 10.6 Å². The number of alkyl halides is 6. The maximum absolute atomic E-state index is 12.9. The average molecular weight is 440 g/mol. The van der Waals surface area contributed by atoms with Crippen molar-refractivity contribution in [3.05, 3.63) is 83.9 Å². The number of rotatable bonds is 4. The minimum absolute atomic E-state index is 0.0204. The fourth-order valence-electron chi connectivity index (χ4n) is 2.58.